The lowest BCUT2D eigenvalue weighted by Gasteiger charge is -2.28. The topological polar surface area (TPSA) is 26.3 Å². The zero-order valence-electron chi connectivity index (χ0n) is 9.03. The van der Waals surface area contributed by atoms with Gasteiger partial charge in [0, 0.05) is 5.57 Å². The molecule has 1 rings (SSSR count). The fourth-order valence-electron chi connectivity index (χ4n) is 1.40. The van der Waals surface area contributed by atoms with Gasteiger partial charge < -0.3 is 4.74 Å². The molecule has 1 aliphatic carbocycles. The Labute approximate surface area is 94.4 Å². The molecule has 0 spiro atoms. The SMILES string of the molecule is C=C(C)C(=O)OCC(F)(F)C1(C(F)(F)F)CC1. The van der Waals surface area contributed by atoms with E-state index in [1.165, 1.54) is 6.92 Å². The van der Waals surface area contributed by atoms with Gasteiger partial charge in [-0.1, -0.05) is 6.58 Å². The Bertz CT molecular complexity index is 341. The lowest BCUT2D eigenvalue weighted by molar-refractivity contribution is -0.266. The molecule has 0 N–H and O–H groups in total. The average molecular weight is 258 g/mol. The minimum absolute atomic E-state index is 0.141. The van der Waals surface area contributed by atoms with E-state index in [2.05, 4.69) is 11.3 Å². The van der Waals surface area contributed by atoms with Gasteiger partial charge in [-0.2, -0.15) is 13.2 Å². The zero-order chi connectivity index (χ0) is 13.5. The van der Waals surface area contributed by atoms with Gasteiger partial charge in [0.15, 0.2) is 6.61 Å². The maximum Gasteiger partial charge on any atom is 0.400 e. The number of ether oxygens (including phenoxy) is 1. The van der Waals surface area contributed by atoms with Crippen molar-refractivity contribution in [2.75, 3.05) is 6.61 Å². The first-order valence-electron chi connectivity index (χ1n) is 4.81. The van der Waals surface area contributed by atoms with E-state index in [4.69, 9.17) is 0 Å². The third-order valence-electron chi connectivity index (χ3n) is 2.73. The number of rotatable bonds is 4. The van der Waals surface area contributed by atoms with Gasteiger partial charge in [-0.25, -0.2) is 13.6 Å². The van der Waals surface area contributed by atoms with E-state index < -0.39 is 42.9 Å². The Hall–Kier alpha value is -1.14. The van der Waals surface area contributed by atoms with Crippen LogP contribution >= 0.6 is 0 Å². The van der Waals surface area contributed by atoms with Crippen LogP contribution in [0, 0.1) is 5.41 Å². The monoisotopic (exact) mass is 258 g/mol. The molecule has 0 saturated heterocycles. The first-order chi connectivity index (χ1) is 7.53. The normalized spacial score (nSPS) is 18.7. The lowest BCUT2D eigenvalue weighted by atomic mass is 9.98. The second kappa shape index (κ2) is 3.96. The molecule has 0 bridgehead atoms. The van der Waals surface area contributed by atoms with Crippen LogP contribution in [0.15, 0.2) is 12.2 Å². The van der Waals surface area contributed by atoms with Gasteiger partial charge in [0.1, 0.15) is 5.41 Å². The predicted octanol–water partition coefficient (Wildman–Crippen LogP) is 3.08. The molecule has 0 aromatic heterocycles. The quantitative estimate of drug-likeness (QED) is 0.440. The maximum absolute atomic E-state index is 13.4. The number of esters is 1. The van der Waals surface area contributed by atoms with Gasteiger partial charge >= 0.3 is 12.1 Å². The number of hydrogen-bond donors (Lipinski definition) is 0. The second-order valence-electron chi connectivity index (χ2n) is 4.14. The molecule has 0 radical (unpaired) electrons. The molecule has 0 aromatic carbocycles. The van der Waals surface area contributed by atoms with Gasteiger partial charge in [0.25, 0.3) is 5.92 Å². The highest BCUT2D eigenvalue weighted by atomic mass is 19.4. The van der Waals surface area contributed by atoms with Crippen molar-refractivity contribution in [1.82, 2.24) is 0 Å². The van der Waals surface area contributed by atoms with Crippen molar-refractivity contribution in [3.05, 3.63) is 12.2 Å². The van der Waals surface area contributed by atoms with Crippen LogP contribution in [-0.4, -0.2) is 24.7 Å². The summed E-state index contributed by atoms with van der Waals surface area (Å²) in [6.45, 7) is 2.79. The third-order valence-corrected chi connectivity index (χ3v) is 2.73. The lowest BCUT2D eigenvalue weighted by Crippen LogP contribution is -2.45. The van der Waals surface area contributed by atoms with Crippen LogP contribution in [0.3, 0.4) is 0 Å². The molecule has 17 heavy (non-hydrogen) atoms. The summed E-state index contributed by atoms with van der Waals surface area (Å²) in [4.78, 5) is 10.9. The highest BCUT2D eigenvalue weighted by Gasteiger charge is 2.76. The summed E-state index contributed by atoms with van der Waals surface area (Å²) in [5.41, 5.74) is -3.17. The van der Waals surface area contributed by atoms with Gasteiger partial charge in [0.05, 0.1) is 0 Å². The second-order valence-corrected chi connectivity index (χ2v) is 4.14. The van der Waals surface area contributed by atoms with E-state index in [1.807, 2.05) is 0 Å². The number of hydrogen-bond acceptors (Lipinski definition) is 2. The molecule has 0 aliphatic heterocycles. The molecule has 0 amide bonds. The van der Waals surface area contributed by atoms with Crippen LogP contribution in [0.2, 0.25) is 0 Å². The van der Waals surface area contributed by atoms with Crippen molar-refractivity contribution in [3.8, 4) is 0 Å². The zero-order valence-corrected chi connectivity index (χ0v) is 9.03. The van der Waals surface area contributed by atoms with E-state index in [0.29, 0.717) is 0 Å². The van der Waals surface area contributed by atoms with Crippen LogP contribution < -0.4 is 0 Å². The number of carbonyl (C=O) groups is 1. The molecule has 0 heterocycles. The Morgan fingerprint density at radius 2 is 1.76 bits per heavy atom. The van der Waals surface area contributed by atoms with E-state index in [-0.39, 0.29) is 5.57 Å². The minimum atomic E-state index is -4.99. The highest BCUT2D eigenvalue weighted by Crippen LogP contribution is 2.65. The smallest absolute Gasteiger partial charge is 0.400 e. The highest BCUT2D eigenvalue weighted by molar-refractivity contribution is 5.86. The van der Waals surface area contributed by atoms with Gasteiger partial charge in [-0.15, -0.1) is 0 Å². The average Bonchev–Trinajstić information content (AvgIpc) is 2.93. The first kappa shape index (κ1) is 13.9. The van der Waals surface area contributed by atoms with Crippen LogP contribution in [-0.2, 0) is 9.53 Å². The summed E-state index contributed by atoms with van der Waals surface area (Å²) in [6, 6.07) is 0. The van der Waals surface area contributed by atoms with Crippen molar-refractivity contribution in [2.45, 2.75) is 31.9 Å². The molecule has 2 nitrogen and oxygen atoms in total. The van der Waals surface area contributed by atoms with Crippen molar-refractivity contribution >= 4 is 5.97 Å². The Morgan fingerprint density at radius 3 is 2.06 bits per heavy atom. The third kappa shape index (κ3) is 2.42. The number of carbonyl (C=O) groups excluding carboxylic acids is 1. The summed E-state index contributed by atoms with van der Waals surface area (Å²) in [6.07, 6.45) is -6.28. The van der Waals surface area contributed by atoms with Crippen molar-refractivity contribution < 1.29 is 31.5 Å². The van der Waals surface area contributed by atoms with Gasteiger partial charge in [0.2, 0.25) is 0 Å². The summed E-state index contributed by atoms with van der Waals surface area (Å²) in [7, 11) is 0. The molecule has 1 aliphatic rings. The van der Waals surface area contributed by atoms with Gasteiger partial charge in [-0.05, 0) is 19.8 Å². The van der Waals surface area contributed by atoms with E-state index in [1.54, 1.807) is 0 Å². The number of halogens is 5. The fourth-order valence-corrected chi connectivity index (χ4v) is 1.40. The minimum Gasteiger partial charge on any atom is -0.456 e. The largest absolute Gasteiger partial charge is 0.456 e. The van der Waals surface area contributed by atoms with Crippen LogP contribution in [0.1, 0.15) is 19.8 Å². The summed E-state index contributed by atoms with van der Waals surface area (Å²) < 4.78 is 68.1. The molecule has 0 unspecified atom stereocenters. The molecular formula is C10H11F5O2. The van der Waals surface area contributed by atoms with E-state index in [9.17, 15) is 26.7 Å². The number of alkyl halides is 5. The van der Waals surface area contributed by atoms with Crippen molar-refractivity contribution in [1.29, 1.82) is 0 Å². The Balaban J connectivity index is 2.70. The first-order valence-corrected chi connectivity index (χ1v) is 4.81. The van der Waals surface area contributed by atoms with Crippen LogP contribution in [0.25, 0.3) is 0 Å². The molecule has 1 saturated carbocycles. The summed E-state index contributed by atoms with van der Waals surface area (Å²) in [5.74, 6) is -5.22. The molecule has 1 fully saturated rings. The van der Waals surface area contributed by atoms with Crippen molar-refractivity contribution in [3.63, 3.8) is 0 Å². The molecule has 0 atom stereocenters. The van der Waals surface area contributed by atoms with Gasteiger partial charge in [-0.3, -0.25) is 0 Å². The summed E-state index contributed by atoms with van der Waals surface area (Å²) >= 11 is 0. The standard InChI is InChI=1S/C10H11F5O2/c1-6(2)7(16)17-5-9(11,12)8(3-4-8)10(13,14)15/h1,3-5H2,2H3. The predicted molar refractivity (Wildman–Crippen MR) is 48.4 cm³/mol. The molecule has 7 heteroatoms. The summed E-state index contributed by atoms with van der Waals surface area (Å²) in [5, 5.41) is 0. The molecule has 0 aromatic rings. The van der Waals surface area contributed by atoms with Crippen LogP contribution in [0.4, 0.5) is 22.0 Å². The van der Waals surface area contributed by atoms with E-state index >= 15 is 0 Å². The molecule has 98 valence electrons. The van der Waals surface area contributed by atoms with Crippen molar-refractivity contribution in [2.24, 2.45) is 5.41 Å². The maximum atomic E-state index is 13.4. The molecular weight excluding hydrogens is 247 g/mol. The van der Waals surface area contributed by atoms with Crippen LogP contribution in [0.5, 0.6) is 0 Å². The fraction of sp³-hybridized carbons (Fsp3) is 0.700. The Morgan fingerprint density at radius 1 is 1.29 bits per heavy atom. The Kier molecular flexibility index (Phi) is 3.24. The van der Waals surface area contributed by atoms with E-state index in [0.717, 1.165) is 0 Å².